The summed E-state index contributed by atoms with van der Waals surface area (Å²) < 4.78 is 0. The highest BCUT2D eigenvalue weighted by molar-refractivity contribution is 5.27. The standard InChI is InChI=1S/C14H22O2/c1-9(2)11-6-8-14(16)7-4-5-10(3)12(14)13(11)15/h4,7,9,11-13,15-16H,3,5-6,8H2,1-2H3/t11-,12+,13-,14-/m0/s1. The van der Waals surface area contributed by atoms with Crippen molar-refractivity contribution in [2.24, 2.45) is 17.8 Å². The van der Waals surface area contributed by atoms with Gasteiger partial charge in [0.05, 0.1) is 11.7 Å². The van der Waals surface area contributed by atoms with Crippen molar-refractivity contribution in [2.45, 2.75) is 44.8 Å². The molecule has 0 saturated heterocycles. The van der Waals surface area contributed by atoms with Crippen molar-refractivity contribution in [3.05, 3.63) is 24.3 Å². The number of hydrogen-bond acceptors (Lipinski definition) is 2. The van der Waals surface area contributed by atoms with Crippen LogP contribution in [0.15, 0.2) is 24.3 Å². The number of hydrogen-bond donors (Lipinski definition) is 2. The van der Waals surface area contributed by atoms with Crippen molar-refractivity contribution in [2.75, 3.05) is 0 Å². The van der Waals surface area contributed by atoms with Gasteiger partial charge < -0.3 is 10.2 Å². The molecular formula is C14H22O2. The normalized spacial score (nSPS) is 43.6. The van der Waals surface area contributed by atoms with E-state index in [0.29, 0.717) is 5.92 Å². The molecule has 2 nitrogen and oxygen atoms in total. The Hall–Kier alpha value is -0.600. The summed E-state index contributed by atoms with van der Waals surface area (Å²) in [7, 11) is 0. The molecule has 0 spiro atoms. The van der Waals surface area contributed by atoms with Crippen LogP contribution in [0.25, 0.3) is 0 Å². The fourth-order valence-electron chi connectivity index (χ4n) is 3.32. The molecule has 0 bridgehead atoms. The molecule has 2 N–H and O–H groups in total. The van der Waals surface area contributed by atoms with Gasteiger partial charge in [-0.15, -0.1) is 0 Å². The lowest BCUT2D eigenvalue weighted by atomic mass is 9.62. The molecule has 1 saturated carbocycles. The zero-order valence-corrected chi connectivity index (χ0v) is 10.2. The van der Waals surface area contributed by atoms with E-state index in [0.717, 1.165) is 24.8 Å². The van der Waals surface area contributed by atoms with E-state index in [1.165, 1.54) is 0 Å². The zero-order valence-electron chi connectivity index (χ0n) is 10.2. The first-order valence-electron chi connectivity index (χ1n) is 6.21. The Balaban J connectivity index is 2.29. The van der Waals surface area contributed by atoms with Gasteiger partial charge in [0.2, 0.25) is 0 Å². The van der Waals surface area contributed by atoms with Gasteiger partial charge in [-0.3, -0.25) is 0 Å². The Bertz CT molecular complexity index is 319. The maximum Gasteiger partial charge on any atom is 0.0917 e. The topological polar surface area (TPSA) is 40.5 Å². The van der Waals surface area contributed by atoms with Gasteiger partial charge in [0.15, 0.2) is 0 Å². The van der Waals surface area contributed by atoms with Crippen molar-refractivity contribution in [3.63, 3.8) is 0 Å². The molecule has 2 aliphatic carbocycles. The molecule has 4 atom stereocenters. The second-order valence-corrected chi connectivity index (χ2v) is 5.67. The van der Waals surface area contributed by atoms with Gasteiger partial charge >= 0.3 is 0 Å². The van der Waals surface area contributed by atoms with E-state index >= 15 is 0 Å². The summed E-state index contributed by atoms with van der Waals surface area (Å²) in [5.74, 6) is 0.574. The fourth-order valence-corrected chi connectivity index (χ4v) is 3.32. The highest BCUT2D eigenvalue weighted by Crippen LogP contribution is 2.46. The first-order chi connectivity index (χ1) is 7.46. The predicted octanol–water partition coefficient (Wildman–Crippen LogP) is 2.28. The Morgan fingerprint density at radius 3 is 2.81 bits per heavy atom. The van der Waals surface area contributed by atoms with Gasteiger partial charge in [0, 0.05) is 5.92 Å². The Morgan fingerprint density at radius 1 is 1.50 bits per heavy atom. The number of aliphatic hydroxyl groups is 2. The predicted molar refractivity (Wildman–Crippen MR) is 64.9 cm³/mol. The second kappa shape index (κ2) is 4.01. The molecule has 2 heteroatoms. The summed E-state index contributed by atoms with van der Waals surface area (Å²) in [5, 5.41) is 20.9. The molecule has 0 heterocycles. The van der Waals surface area contributed by atoms with Gasteiger partial charge in [-0.05, 0) is 31.1 Å². The van der Waals surface area contributed by atoms with Gasteiger partial charge in [-0.1, -0.05) is 38.2 Å². The maximum absolute atomic E-state index is 10.5. The molecule has 0 radical (unpaired) electrons. The Morgan fingerprint density at radius 2 is 2.19 bits per heavy atom. The number of fused-ring (bicyclic) bond motifs is 1. The third-order valence-electron chi connectivity index (χ3n) is 4.28. The number of aliphatic hydroxyl groups excluding tert-OH is 1. The van der Waals surface area contributed by atoms with Crippen molar-refractivity contribution >= 4 is 0 Å². The fraction of sp³-hybridized carbons (Fsp3) is 0.714. The van der Waals surface area contributed by atoms with Crippen LogP contribution in [0, 0.1) is 17.8 Å². The molecular weight excluding hydrogens is 200 g/mol. The molecule has 0 aromatic carbocycles. The van der Waals surface area contributed by atoms with Crippen molar-refractivity contribution in [1.29, 1.82) is 0 Å². The lowest BCUT2D eigenvalue weighted by Crippen LogP contribution is -2.53. The molecule has 1 fully saturated rings. The maximum atomic E-state index is 10.5. The van der Waals surface area contributed by atoms with E-state index in [4.69, 9.17) is 0 Å². The van der Waals surface area contributed by atoms with Gasteiger partial charge in [-0.25, -0.2) is 0 Å². The number of rotatable bonds is 1. The summed E-state index contributed by atoms with van der Waals surface area (Å²) in [4.78, 5) is 0. The minimum absolute atomic E-state index is 0.168. The molecule has 2 aliphatic rings. The van der Waals surface area contributed by atoms with Crippen molar-refractivity contribution < 1.29 is 10.2 Å². The van der Waals surface area contributed by atoms with Crippen LogP contribution >= 0.6 is 0 Å². The molecule has 2 rings (SSSR count). The smallest absolute Gasteiger partial charge is 0.0917 e. The van der Waals surface area contributed by atoms with Crippen LogP contribution in [0.2, 0.25) is 0 Å². The largest absolute Gasteiger partial charge is 0.392 e. The SMILES string of the molecule is C=C1CC=C[C@]2(O)CC[C@@H](C(C)C)[C@H](O)[C@@H]12. The lowest BCUT2D eigenvalue weighted by Gasteiger charge is -2.48. The summed E-state index contributed by atoms with van der Waals surface area (Å²) in [6, 6.07) is 0. The Kier molecular flexibility index (Phi) is 2.97. The van der Waals surface area contributed by atoms with E-state index in [-0.39, 0.29) is 11.8 Å². The van der Waals surface area contributed by atoms with Crippen LogP contribution < -0.4 is 0 Å². The number of allylic oxidation sites excluding steroid dienone is 1. The minimum atomic E-state index is -0.847. The molecule has 0 unspecified atom stereocenters. The summed E-state index contributed by atoms with van der Waals surface area (Å²) >= 11 is 0. The average Bonchev–Trinajstić information content (AvgIpc) is 2.16. The molecule has 0 amide bonds. The quantitative estimate of drug-likeness (QED) is 0.668. The Labute approximate surface area is 97.7 Å². The van der Waals surface area contributed by atoms with Gasteiger partial charge in [0.25, 0.3) is 0 Å². The molecule has 0 aliphatic heterocycles. The van der Waals surface area contributed by atoms with Crippen LogP contribution in [-0.2, 0) is 0 Å². The summed E-state index contributed by atoms with van der Waals surface area (Å²) in [6.45, 7) is 8.29. The van der Waals surface area contributed by atoms with E-state index in [9.17, 15) is 10.2 Å². The van der Waals surface area contributed by atoms with Crippen LogP contribution in [-0.4, -0.2) is 21.9 Å². The highest BCUT2D eigenvalue weighted by atomic mass is 16.3. The summed E-state index contributed by atoms with van der Waals surface area (Å²) in [5.41, 5.74) is 0.128. The third-order valence-corrected chi connectivity index (χ3v) is 4.28. The van der Waals surface area contributed by atoms with Gasteiger partial charge in [0.1, 0.15) is 0 Å². The third kappa shape index (κ3) is 1.74. The monoisotopic (exact) mass is 222 g/mol. The summed E-state index contributed by atoms with van der Waals surface area (Å²) in [6.07, 6.45) is 5.81. The lowest BCUT2D eigenvalue weighted by molar-refractivity contribution is -0.0962. The van der Waals surface area contributed by atoms with Crippen LogP contribution in [0.3, 0.4) is 0 Å². The van der Waals surface area contributed by atoms with Gasteiger partial charge in [-0.2, -0.15) is 0 Å². The molecule has 16 heavy (non-hydrogen) atoms. The van der Waals surface area contributed by atoms with E-state index in [1.54, 1.807) is 0 Å². The van der Waals surface area contributed by atoms with E-state index < -0.39 is 11.7 Å². The average molecular weight is 222 g/mol. The van der Waals surface area contributed by atoms with Crippen molar-refractivity contribution in [3.8, 4) is 0 Å². The molecule has 0 aromatic rings. The minimum Gasteiger partial charge on any atom is -0.392 e. The van der Waals surface area contributed by atoms with Crippen molar-refractivity contribution in [1.82, 2.24) is 0 Å². The first kappa shape index (κ1) is 11.9. The molecule has 0 aromatic heterocycles. The second-order valence-electron chi connectivity index (χ2n) is 5.67. The van der Waals surface area contributed by atoms with Crippen LogP contribution in [0.5, 0.6) is 0 Å². The molecule has 90 valence electrons. The van der Waals surface area contributed by atoms with Crippen LogP contribution in [0.1, 0.15) is 33.1 Å². The zero-order chi connectivity index (χ0) is 11.9. The highest BCUT2D eigenvalue weighted by Gasteiger charge is 2.49. The van der Waals surface area contributed by atoms with E-state index in [1.807, 2.05) is 12.2 Å². The van der Waals surface area contributed by atoms with Crippen LogP contribution in [0.4, 0.5) is 0 Å². The first-order valence-corrected chi connectivity index (χ1v) is 6.21. The van der Waals surface area contributed by atoms with E-state index in [2.05, 4.69) is 20.4 Å².